The molecule has 0 radical (unpaired) electrons. The molecule has 5 rings (SSSR count). The second kappa shape index (κ2) is 7.33. The SMILES string of the molecule is CCc1nc(C2CC2)c([14C]#N)n1Cc1ccc2oc(-c3ccccc3N)c(Br)c2c1. The summed E-state index contributed by atoms with van der Waals surface area (Å²) in [5.74, 6) is 2.15. The molecule has 2 aromatic heterocycles. The Labute approximate surface area is 183 Å². The number of aromatic nitrogens is 2. The van der Waals surface area contributed by atoms with Crippen molar-refractivity contribution in [2.24, 2.45) is 0 Å². The molecular formula is C24H21BrN4O. The quantitative estimate of drug-likeness (QED) is 0.368. The molecule has 1 aliphatic rings. The van der Waals surface area contributed by atoms with Gasteiger partial charge in [-0.05, 0) is 58.6 Å². The second-order valence-corrected chi connectivity index (χ2v) is 8.54. The van der Waals surface area contributed by atoms with Gasteiger partial charge < -0.3 is 14.7 Å². The molecule has 30 heavy (non-hydrogen) atoms. The fraction of sp³-hybridized carbons (Fsp3) is 0.250. The first-order chi connectivity index (χ1) is 14.6. The Balaban J connectivity index is 1.56. The van der Waals surface area contributed by atoms with Gasteiger partial charge in [0.2, 0.25) is 0 Å². The molecule has 2 aromatic carbocycles. The number of nitrogen functional groups attached to an aromatic ring is 1. The number of nitriles is 1. The molecule has 2 heterocycles. The average molecular weight is 463 g/mol. The summed E-state index contributed by atoms with van der Waals surface area (Å²) in [7, 11) is 0. The number of halogens is 1. The molecule has 0 aliphatic heterocycles. The smallest absolute Gasteiger partial charge is 0.151 e. The number of benzene rings is 2. The predicted octanol–water partition coefficient (Wildman–Crippen LogP) is 6.00. The third-order valence-electron chi connectivity index (χ3n) is 5.70. The number of nitrogens with two attached hydrogens (primary N) is 1. The van der Waals surface area contributed by atoms with E-state index in [0.717, 1.165) is 63.1 Å². The van der Waals surface area contributed by atoms with Crippen LogP contribution in [0.5, 0.6) is 0 Å². The van der Waals surface area contributed by atoms with E-state index in [1.165, 1.54) is 0 Å². The number of aryl methyl sites for hydroxylation is 1. The molecule has 1 fully saturated rings. The minimum Gasteiger partial charge on any atom is -0.455 e. The summed E-state index contributed by atoms with van der Waals surface area (Å²) in [4.78, 5) is 4.79. The Morgan fingerprint density at radius 1 is 1.27 bits per heavy atom. The molecule has 6 heteroatoms. The molecule has 0 spiro atoms. The lowest BCUT2D eigenvalue weighted by molar-refractivity contribution is 0.630. The number of furan rings is 1. The molecule has 2 N–H and O–H groups in total. The maximum atomic E-state index is 9.79. The van der Waals surface area contributed by atoms with E-state index < -0.39 is 0 Å². The van der Waals surface area contributed by atoms with Gasteiger partial charge in [-0.2, -0.15) is 5.26 Å². The fourth-order valence-electron chi connectivity index (χ4n) is 3.99. The van der Waals surface area contributed by atoms with Gasteiger partial charge in [0, 0.05) is 29.0 Å². The number of imidazole rings is 1. The highest BCUT2D eigenvalue weighted by atomic mass is 79.9. The van der Waals surface area contributed by atoms with Crippen LogP contribution in [-0.2, 0) is 13.0 Å². The topological polar surface area (TPSA) is 80.8 Å². The van der Waals surface area contributed by atoms with Crippen LogP contribution in [0.25, 0.3) is 22.3 Å². The van der Waals surface area contributed by atoms with Crippen molar-refractivity contribution in [3.63, 3.8) is 0 Å². The average Bonchev–Trinajstić information content (AvgIpc) is 3.47. The van der Waals surface area contributed by atoms with Crippen molar-refractivity contribution in [3.05, 3.63) is 69.7 Å². The minimum atomic E-state index is 0.454. The molecular weight excluding hydrogens is 442 g/mol. The summed E-state index contributed by atoms with van der Waals surface area (Å²) < 4.78 is 9.06. The van der Waals surface area contributed by atoms with Gasteiger partial charge in [-0.3, -0.25) is 0 Å². The van der Waals surface area contributed by atoms with Crippen molar-refractivity contribution in [1.29, 1.82) is 5.26 Å². The van der Waals surface area contributed by atoms with Crippen LogP contribution in [0.2, 0.25) is 0 Å². The Hall–Kier alpha value is -3.04. The zero-order valence-corrected chi connectivity index (χ0v) is 18.2. The van der Waals surface area contributed by atoms with Crippen LogP contribution in [0.4, 0.5) is 5.69 Å². The highest BCUT2D eigenvalue weighted by Crippen LogP contribution is 2.42. The third kappa shape index (κ3) is 3.10. The Kier molecular flexibility index (Phi) is 4.63. The number of rotatable bonds is 5. The highest BCUT2D eigenvalue weighted by Gasteiger charge is 2.31. The largest absolute Gasteiger partial charge is 0.455 e. The van der Waals surface area contributed by atoms with Gasteiger partial charge in [-0.25, -0.2) is 4.98 Å². The van der Waals surface area contributed by atoms with Crippen molar-refractivity contribution < 1.29 is 4.42 Å². The summed E-state index contributed by atoms with van der Waals surface area (Å²) >= 11 is 3.71. The number of hydrogen-bond donors (Lipinski definition) is 1. The van der Waals surface area contributed by atoms with Gasteiger partial charge in [-0.15, -0.1) is 0 Å². The van der Waals surface area contributed by atoms with Gasteiger partial charge in [0.1, 0.15) is 23.2 Å². The first-order valence-corrected chi connectivity index (χ1v) is 10.9. The maximum Gasteiger partial charge on any atom is 0.151 e. The summed E-state index contributed by atoms with van der Waals surface area (Å²) in [6.07, 6.45) is 3.07. The summed E-state index contributed by atoms with van der Waals surface area (Å²) in [6.45, 7) is 2.70. The van der Waals surface area contributed by atoms with Gasteiger partial charge in [-0.1, -0.05) is 25.1 Å². The lowest BCUT2D eigenvalue weighted by Gasteiger charge is -2.08. The maximum absolute atomic E-state index is 9.79. The Bertz CT molecular complexity index is 1310. The van der Waals surface area contributed by atoms with E-state index in [1.54, 1.807) is 0 Å². The number of fused-ring (bicyclic) bond motifs is 1. The number of anilines is 1. The van der Waals surface area contributed by atoms with Gasteiger partial charge in [0.25, 0.3) is 0 Å². The first-order valence-electron chi connectivity index (χ1n) is 10.2. The van der Waals surface area contributed by atoms with E-state index >= 15 is 0 Å². The molecule has 0 bridgehead atoms. The van der Waals surface area contributed by atoms with Gasteiger partial charge in [0.05, 0.1) is 16.7 Å². The van der Waals surface area contributed by atoms with Crippen molar-refractivity contribution in [3.8, 4) is 17.4 Å². The van der Waals surface area contributed by atoms with Gasteiger partial charge in [0.15, 0.2) is 5.76 Å². The molecule has 1 aliphatic carbocycles. The Morgan fingerprint density at radius 2 is 2.07 bits per heavy atom. The van der Waals surface area contributed by atoms with E-state index in [9.17, 15) is 5.26 Å². The summed E-state index contributed by atoms with van der Waals surface area (Å²) in [5, 5.41) is 10.8. The monoisotopic (exact) mass is 462 g/mol. The minimum absolute atomic E-state index is 0.454. The normalized spacial score (nSPS) is 13.6. The molecule has 0 saturated heterocycles. The van der Waals surface area contributed by atoms with Crippen molar-refractivity contribution in [2.45, 2.75) is 38.6 Å². The standard InChI is InChI=1S/C24H21BrN4O/c1-2-21-28-23(15-8-9-15)19(12-26)29(21)13-14-7-10-20-17(11-14)22(25)24(30-20)16-5-3-4-6-18(16)27/h3-7,10-11,15H,2,8-9,13,27H2,1H3/i12+2. The Morgan fingerprint density at radius 3 is 2.77 bits per heavy atom. The van der Waals surface area contributed by atoms with Crippen LogP contribution in [0.15, 0.2) is 51.4 Å². The van der Waals surface area contributed by atoms with E-state index in [-0.39, 0.29) is 0 Å². The summed E-state index contributed by atoms with van der Waals surface area (Å²) in [6, 6.07) is 16.2. The number of para-hydroxylation sites is 1. The molecule has 0 atom stereocenters. The van der Waals surface area contributed by atoms with Crippen molar-refractivity contribution in [2.75, 3.05) is 5.73 Å². The fourth-order valence-corrected chi connectivity index (χ4v) is 4.60. The van der Waals surface area contributed by atoms with Crippen molar-refractivity contribution in [1.82, 2.24) is 9.55 Å². The van der Waals surface area contributed by atoms with Crippen LogP contribution >= 0.6 is 15.9 Å². The van der Waals surface area contributed by atoms with Crippen LogP contribution in [0.3, 0.4) is 0 Å². The van der Waals surface area contributed by atoms with Crippen LogP contribution in [0.1, 0.15) is 48.5 Å². The zero-order chi connectivity index (χ0) is 20.8. The van der Waals surface area contributed by atoms with Crippen molar-refractivity contribution >= 4 is 32.6 Å². The number of hydrogen-bond acceptors (Lipinski definition) is 4. The molecule has 0 unspecified atom stereocenters. The highest BCUT2D eigenvalue weighted by molar-refractivity contribution is 9.10. The van der Waals surface area contributed by atoms with Crippen LogP contribution in [-0.4, -0.2) is 9.55 Å². The molecule has 0 amide bonds. The molecule has 150 valence electrons. The summed E-state index contributed by atoms with van der Waals surface area (Å²) in [5.41, 5.74) is 11.3. The molecule has 4 aromatic rings. The third-order valence-corrected chi connectivity index (χ3v) is 6.49. The van der Waals surface area contributed by atoms with E-state index in [0.29, 0.717) is 23.8 Å². The predicted molar refractivity (Wildman–Crippen MR) is 121 cm³/mol. The lowest BCUT2D eigenvalue weighted by atomic mass is 10.1. The van der Waals surface area contributed by atoms with Crippen LogP contribution in [0, 0.1) is 11.3 Å². The van der Waals surface area contributed by atoms with Crippen LogP contribution < -0.4 is 5.73 Å². The first kappa shape index (κ1) is 19.0. The zero-order valence-electron chi connectivity index (χ0n) is 16.7. The molecule has 5 nitrogen and oxygen atoms in total. The van der Waals surface area contributed by atoms with E-state index in [2.05, 4.69) is 39.6 Å². The number of nitrogens with zero attached hydrogens (tertiary/aromatic N) is 3. The molecule has 1 saturated carbocycles. The van der Waals surface area contributed by atoms with E-state index in [1.807, 2.05) is 36.4 Å². The second-order valence-electron chi connectivity index (χ2n) is 7.75. The lowest BCUT2D eigenvalue weighted by Crippen LogP contribution is -2.07. The van der Waals surface area contributed by atoms with E-state index in [4.69, 9.17) is 15.1 Å². The van der Waals surface area contributed by atoms with Gasteiger partial charge >= 0.3 is 0 Å².